The van der Waals surface area contributed by atoms with E-state index >= 15 is 0 Å². The van der Waals surface area contributed by atoms with E-state index in [2.05, 4.69) is 17.6 Å². The van der Waals surface area contributed by atoms with Gasteiger partial charge >= 0.3 is 0 Å². The van der Waals surface area contributed by atoms with Crippen LogP contribution in [0.2, 0.25) is 0 Å². The number of piperidine rings is 1. The molecule has 1 saturated heterocycles. The van der Waals surface area contributed by atoms with Crippen LogP contribution in [0, 0.1) is 5.92 Å². The average molecular weight is 276 g/mol. The average Bonchev–Trinajstić information content (AvgIpc) is 2.93. The summed E-state index contributed by atoms with van der Waals surface area (Å²) >= 11 is 0. The van der Waals surface area contributed by atoms with Crippen LogP contribution in [0.1, 0.15) is 30.1 Å². The smallest absolute Gasteiger partial charge is 0.251 e. The Kier molecular flexibility index (Phi) is 3.78. The third-order valence-electron chi connectivity index (χ3n) is 3.95. The summed E-state index contributed by atoms with van der Waals surface area (Å²) in [5, 5.41) is 6.44. The van der Waals surface area contributed by atoms with Crippen LogP contribution in [0.5, 0.6) is 11.5 Å². The molecule has 5 heteroatoms. The van der Waals surface area contributed by atoms with Gasteiger partial charge in [-0.05, 0) is 50.4 Å². The van der Waals surface area contributed by atoms with Gasteiger partial charge in [-0.2, -0.15) is 0 Å². The van der Waals surface area contributed by atoms with Gasteiger partial charge in [0.15, 0.2) is 11.5 Å². The number of ether oxygens (including phenoxy) is 2. The van der Waals surface area contributed by atoms with Gasteiger partial charge in [-0.3, -0.25) is 4.79 Å². The molecule has 2 aliphatic rings. The van der Waals surface area contributed by atoms with Crippen molar-refractivity contribution in [3.63, 3.8) is 0 Å². The zero-order valence-corrected chi connectivity index (χ0v) is 11.6. The fraction of sp³-hybridized carbons (Fsp3) is 0.533. The molecule has 5 nitrogen and oxygen atoms in total. The maximum absolute atomic E-state index is 12.1. The Bertz CT molecular complexity index is 496. The third-order valence-corrected chi connectivity index (χ3v) is 3.95. The maximum Gasteiger partial charge on any atom is 0.251 e. The SMILES string of the molecule is CC1CCC(CNC(=O)c2ccc3c(c2)OCO3)CN1. The topological polar surface area (TPSA) is 59.6 Å². The highest BCUT2D eigenvalue weighted by Crippen LogP contribution is 2.32. The number of rotatable bonds is 3. The van der Waals surface area contributed by atoms with Crippen molar-refractivity contribution in [2.75, 3.05) is 19.9 Å². The fourth-order valence-corrected chi connectivity index (χ4v) is 2.61. The molecule has 2 atom stereocenters. The van der Waals surface area contributed by atoms with E-state index in [4.69, 9.17) is 9.47 Å². The molecule has 0 bridgehead atoms. The minimum absolute atomic E-state index is 0.0538. The second-order valence-corrected chi connectivity index (χ2v) is 5.53. The van der Waals surface area contributed by atoms with Crippen LogP contribution in [0.25, 0.3) is 0 Å². The minimum atomic E-state index is -0.0538. The van der Waals surface area contributed by atoms with Gasteiger partial charge in [-0.15, -0.1) is 0 Å². The summed E-state index contributed by atoms with van der Waals surface area (Å²) in [4.78, 5) is 12.1. The fourth-order valence-electron chi connectivity index (χ4n) is 2.61. The molecule has 2 aliphatic heterocycles. The van der Waals surface area contributed by atoms with Crippen LogP contribution in [-0.2, 0) is 0 Å². The van der Waals surface area contributed by atoms with Crippen LogP contribution in [0.4, 0.5) is 0 Å². The summed E-state index contributed by atoms with van der Waals surface area (Å²) in [7, 11) is 0. The van der Waals surface area contributed by atoms with E-state index in [1.54, 1.807) is 18.2 Å². The van der Waals surface area contributed by atoms with Gasteiger partial charge in [0.25, 0.3) is 5.91 Å². The molecule has 0 spiro atoms. The number of amides is 1. The standard InChI is InChI=1S/C15H20N2O3/c1-10-2-3-11(7-16-10)8-17-15(18)12-4-5-13-14(6-12)20-9-19-13/h4-6,10-11,16H,2-3,7-9H2,1H3,(H,17,18). The van der Waals surface area contributed by atoms with Crippen molar-refractivity contribution in [3.05, 3.63) is 23.8 Å². The number of carbonyl (C=O) groups is 1. The molecule has 1 aromatic rings. The van der Waals surface area contributed by atoms with E-state index in [-0.39, 0.29) is 12.7 Å². The molecule has 0 aromatic heterocycles. The van der Waals surface area contributed by atoms with Crippen molar-refractivity contribution in [1.82, 2.24) is 10.6 Å². The van der Waals surface area contributed by atoms with Crippen molar-refractivity contribution < 1.29 is 14.3 Å². The molecule has 20 heavy (non-hydrogen) atoms. The highest BCUT2D eigenvalue weighted by molar-refractivity contribution is 5.94. The lowest BCUT2D eigenvalue weighted by atomic mass is 9.95. The summed E-state index contributed by atoms with van der Waals surface area (Å²) in [5.74, 6) is 1.81. The first-order chi connectivity index (χ1) is 9.72. The summed E-state index contributed by atoms with van der Waals surface area (Å²) in [6.45, 7) is 4.11. The molecule has 2 heterocycles. The van der Waals surface area contributed by atoms with Crippen LogP contribution >= 0.6 is 0 Å². The number of carbonyl (C=O) groups excluding carboxylic acids is 1. The van der Waals surface area contributed by atoms with E-state index in [0.717, 1.165) is 13.0 Å². The first kappa shape index (κ1) is 13.2. The van der Waals surface area contributed by atoms with Gasteiger partial charge in [-0.1, -0.05) is 0 Å². The Morgan fingerprint density at radius 2 is 2.20 bits per heavy atom. The number of fused-ring (bicyclic) bond motifs is 1. The van der Waals surface area contributed by atoms with Crippen LogP contribution < -0.4 is 20.1 Å². The second kappa shape index (κ2) is 5.71. The molecule has 0 aliphatic carbocycles. The molecule has 1 amide bonds. The zero-order chi connectivity index (χ0) is 13.9. The first-order valence-electron chi connectivity index (χ1n) is 7.13. The Morgan fingerprint density at radius 3 is 3.00 bits per heavy atom. The molecular formula is C15H20N2O3. The second-order valence-electron chi connectivity index (χ2n) is 5.53. The Hall–Kier alpha value is -1.75. The van der Waals surface area contributed by atoms with E-state index in [1.807, 2.05) is 0 Å². The highest BCUT2D eigenvalue weighted by atomic mass is 16.7. The predicted octanol–water partition coefficient (Wildman–Crippen LogP) is 1.53. The predicted molar refractivity (Wildman–Crippen MR) is 75.1 cm³/mol. The van der Waals surface area contributed by atoms with Crippen LogP contribution in [-0.4, -0.2) is 31.8 Å². The van der Waals surface area contributed by atoms with Gasteiger partial charge in [0.05, 0.1) is 0 Å². The lowest BCUT2D eigenvalue weighted by molar-refractivity contribution is 0.0943. The van der Waals surface area contributed by atoms with Gasteiger partial charge in [0.1, 0.15) is 0 Å². The molecule has 2 unspecified atom stereocenters. The lowest BCUT2D eigenvalue weighted by Crippen LogP contribution is -2.41. The van der Waals surface area contributed by atoms with Crippen molar-refractivity contribution in [3.8, 4) is 11.5 Å². The minimum Gasteiger partial charge on any atom is -0.454 e. The van der Waals surface area contributed by atoms with Crippen molar-refractivity contribution in [2.24, 2.45) is 5.92 Å². The largest absolute Gasteiger partial charge is 0.454 e. The van der Waals surface area contributed by atoms with E-state index in [1.165, 1.54) is 6.42 Å². The Balaban J connectivity index is 1.54. The summed E-state index contributed by atoms with van der Waals surface area (Å²) in [6, 6.07) is 5.88. The molecule has 0 saturated carbocycles. The normalized spacial score (nSPS) is 24.4. The van der Waals surface area contributed by atoms with Gasteiger partial charge < -0.3 is 20.1 Å². The number of nitrogens with one attached hydrogen (secondary N) is 2. The molecular weight excluding hydrogens is 256 g/mol. The summed E-state index contributed by atoms with van der Waals surface area (Å²) in [6.07, 6.45) is 2.33. The number of benzene rings is 1. The van der Waals surface area contributed by atoms with Crippen molar-refractivity contribution in [2.45, 2.75) is 25.8 Å². The lowest BCUT2D eigenvalue weighted by Gasteiger charge is -2.27. The molecule has 1 aromatic carbocycles. The number of hydrogen-bond acceptors (Lipinski definition) is 4. The van der Waals surface area contributed by atoms with Gasteiger partial charge in [0, 0.05) is 18.2 Å². The van der Waals surface area contributed by atoms with E-state index in [0.29, 0.717) is 35.6 Å². The Morgan fingerprint density at radius 1 is 1.35 bits per heavy atom. The first-order valence-corrected chi connectivity index (χ1v) is 7.13. The molecule has 1 fully saturated rings. The van der Waals surface area contributed by atoms with Crippen molar-refractivity contribution >= 4 is 5.91 Å². The molecule has 2 N–H and O–H groups in total. The van der Waals surface area contributed by atoms with Gasteiger partial charge in [0.2, 0.25) is 6.79 Å². The summed E-state index contributed by atoms with van der Waals surface area (Å²) < 4.78 is 10.5. The molecule has 108 valence electrons. The van der Waals surface area contributed by atoms with Gasteiger partial charge in [-0.25, -0.2) is 0 Å². The van der Waals surface area contributed by atoms with Crippen LogP contribution in [0.15, 0.2) is 18.2 Å². The molecule has 3 rings (SSSR count). The van der Waals surface area contributed by atoms with E-state index in [9.17, 15) is 4.79 Å². The zero-order valence-electron chi connectivity index (χ0n) is 11.6. The van der Waals surface area contributed by atoms with Crippen LogP contribution in [0.3, 0.4) is 0 Å². The highest BCUT2D eigenvalue weighted by Gasteiger charge is 2.19. The van der Waals surface area contributed by atoms with Crippen molar-refractivity contribution in [1.29, 1.82) is 0 Å². The monoisotopic (exact) mass is 276 g/mol. The summed E-state index contributed by atoms with van der Waals surface area (Å²) in [5.41, 5.74) is 0.617. The Labute approximate surface area is 118 Å². The maximum atomic E-state index is 12.1. The molecule has 0 radical (unpaired) electrons. The quantitative estimate of drug-likeness (QED) is 0.879. The number of hydrogen-bond donors (Lipinski definition) is 2. The van der Waals surface area contributed by atoms with E-state index < -0.39 is 0 Å². The third kappa shape index (κ3) is 2.88.